The van der Waals surface area contributed by atoms with Crippen molar-refractivity contribution in [1.29, 1.82) is 5.26 Å². The molecule has 1 atom stereocenters. The fraction of sp³-hybridized carbons (Fsp3) is 0.308. The van der Waals surface area contributed by atoms with Crippen LogP contribution in [-0.4, -0.2) is 35.5 Å². The Hall–Kier alpha value is -3.90. The van der Waals surface area contributed by atoms with Crippen LogP contribution in [0.4, 0.5) is 9.80 Å². The maximum atomic E-state index is 12.8. The minimum atomic E-state index is -0.425. The summed E-state index contributed by atoms with van der Waals surface area (Å²) in [4.78, 5) is 32.0. The molecule has 3 heterocycles. The molecule has 1 N–H and O–H groups in total. The van der Waals surface area contributed by atoms with Gasteiger partial charge in [-0.15, -0.1) is 11.3 Å². The lowest BCUT2D eigenvalue weighted by atomic mass is 9.97. The number of nitrogens with zero attached hydrogens (tertiary/aromatic N) is 3. The third-order valence-electron chi connectivity index (χ3n) is 5.90. The quantitative estimate of drug-likeness (QED) is 0.508. The van der Waals surface area contributed by atoms with Gasteiger partial charge in [-0.25, -0.2) is 4.79 Å². The van der Waals surface area contributed by atoms with Gasteiger partial charge in [0.05, 0.1) is 24.9 Å². The summed E-state index contributed by atoms with van der Waals surface area (Å²) in [5, 5.41) is 13.2. The Bertz CT molecular complexity index is 1250. The number of nitriles is 1. The van der Waals surface area contributed by atoms with Crippen molar-refractivity contribution < 1.29 is 19.1 Å². The van der Waals surface area contributed by atoms with Gasteiger partial charge >= 0.3 is 6.09 Å². The number of carbonyl (C=O) groups is 2. The molecule has 0 aliphatic carbocycles. The van der Waals surface area contributed by atoms with E-state index in [2.05, 4.69) is 16.4 Å². The fourth-order valence-electron chi connectivity index (χ4n) is 4.00. The lowest BCUT2D eigenvalue weighted by Gasteiger charge is -2.26. The molecule has 1 unspecified atom stereocenters. The molecule has 4 rings (SSSR count). The number of ether oxygens (including phenoxy) is 2. The summed E-state index contributed by atoms with van der Waals surface area (Å²) >= 11 is 1.34. The summed E-state index contributed by atoms with van der Waals surface area (Å²) < 4.78 is 10.7. The standard InChI is InChI=1S/C26H26N4O4S/c1-17(18-6-5-8-20(13-18)33-2)12-24(31)29-25-22(14-27)21-9-11-30(15-23(21)35-25)26(32)34-16-19-7-3-4-10-28-19/h3-8,10,13,17H,9,11-12,15-16H2,1-2H3,(H,29,31). The summed E-state index contributed by atoms with van der Waals surface area (Å²) in [7, 11) is 1.61. The Labute approximate surface area is 208 Å². The lowest BCUT2D eigenvalue weighted by molar-refractivity contribution is -0.116. The van der Waals surface area contributed by atoms with Gasteiger partial charge in [-0.2, -0.15) is 5.26 Å². The van der Waals surface area contributed by atoms with E-state index >= 15 is 0 Å². The predicted molar refractivity (Wildman–Crippen MR) is 132 cm³/mol. The Morgan fingerprint density at radius 1 is 1.29 bits per heavy atom. The predicted octanol–water partition coefficient (Wildman–Crippen LogP) is 4.85. The van der Waals surface area contributed by atoms with Crippen LogP contribution < -0.4 is 10.1 Å². The van der Waals surface area contributed by atoms with Crippen molar-refractivity contribution >= 4 is 28.3 Å². The van der Waals surface area contributed by atoms with E-state index in [1.165, 1.54) is 11.3 Å². The number of rotatable bonds is 7. The zero-order valence-electron chi connectivity index (χ0n) is 19.6. The highest BCUT2D eigenvalue weighted by molar-refractivity contribution is 7.16. The number of hydrogen-bond acceptors (Lipinski definition) is 7. The van der Waals surface area contributed by atoms with Gasteiger partial charge < -0.3 is 19.7 Å². The number of fused-ring (bicyclic) bond motifs is 1. The monoisotopic (exact) mass is 490 g/mol. The lowest BCUT2D eigenvalue weighted by Crippen LogP contribution is -2.35. The first kappa shape index (κ1) is 24.2. The van der Waals surface area contributed by atoms with E-state index < -0.39 is 6.09 Å². The van der Waals surface area contributed by atoms with E-state index in [4.69, 9.17) is 9.47 Å². The highest BCUT2D eigenvalue weighted by atomic mass is 32.1. The smallest absolute Gasteiger partial charge is 0.410 e. The second kappa shape index (κ2) is 11.0. The van der Waals surface area contributed by atoms with Gasteiger partial charge in [0.15, 0.2) is 0 Å². The fourth-order valence-corrected chi connectivity index (χ4v) is 5.23. The van der Waals surface area contributed by atoms with E-state index in [0.717, 1.165) is 21.8 Å². The van der Waals surface area contributed by atoms with Crippen LogP contribution in [0.3, 0.4) is 0 Å². The van der Waals surface area contributed by atoms with Crippen molar-refractivity contribution in [3.63, 3.8) is 0 Å². The normalized spacial score (nSPS) is 13.3. The molecule has 0 bridgehead atoms. The molecular weight excluding hydrogens is 464 g/mol. The molecule has 0 spiro atoms. The first-order chi connectivity index (χ1) is 17.0. The molecule has 9 heteroatoms. The topological polar surface area (TPSA) is 105 Å². The molecule has 0 fully saturated rings. The van der Waals surface area contributed by atoms with Gasteiger partial charge in [0.2, 0.25) is 5.91 Å². The van der Waals surface area contributed by atoms with E-state index in [1.54, 1.807) is 30.3 Å². The summed E-state index contributed by atoms with van der Waals surface area (Å²) in [5.74, 6) is 0.562. The van der Waals surface area contributed by atoms with Crippen LogP contribution in [0.1, 0.15) is 46.5 Å². The highest BCUT2D eigenvalue weighted by Gasteiger charge is 2.28. The minimum absolute atomic E-state index is 0.0189. The largest absolute Gasteiger partial charge is 0.497 e. The van der Waals surface area contributed by atoms with Crippen molar-refractivity contribution in [2.75, 3.05) is 19.0 Å². The molecule has 0 saturated heterocycles. The highest BCUT2D eigenvalue weighted by Crippen LogP contribution is 2.37. The van der Waals surface area contributed by atoms with Crippen LogP contribution in [0.25, 0.3) is 0 Å². The number of methoxy groups -OCH3 is 1. The van der Waals surface area contributed by atoms with Gasteiger partial charge in [-0.3, -0.25) is 9.78 Å². The molecule has 0 radical (unpaired) electrons. The van der Waals surface area contributed by atoms with E-state index in [0.29, 0.717) is 35.8 Å². The molecule has 0 saturated carbocycles. The molecule has 8 nitrogen and oxygen atoms in total. The van der Waals surface area contributed by atoms with Crippen LogP contribution in [-0.2, 0) is 29.1 Å². The SMILES string of the molecule is COc1cccc(C(C)CC(=O)Nc2sc3c(c2C#N)CCN(C(=O)OCc2ccccn2)C3)c1. The number of carbonyl (C=O) groups excluding carboxylic acids is 2. The maximum absolute atomic E-state index is 12.8. The Morgan fingerprint density at radius 2 is 2.14 bits per heavy atom. The van der Waals surface area contributed by atoms with Gasteiger partial charge in [0, 0.05) is 24.0 Å². The van der Waals surface area contributed by atoms with E-state index in [-0.39, 0.29) is 24.9 Å². The summed E-state index contributed by atoms with van der Waals surface area (Å²) in [6, 6.07) is 15.3. The van der Waals surface area contributed by atoms with Crippen molar-refractivity contribution in [2.24, 2.45) is 0 Å². The summed E-state index contributed by atoms with van der Waals surface area (Å²) in [6.45, 7) is 2.86. The number of benzene rings is 1. The second-order valence-electron chi connectivity index (χ2n) is 8.30. The van der Waals surface area contributed by atoms with Crippen LogP contribution in [0.5, 0.6) is 5.75 Å². The number of hydrogen-bond donors (Lipinski definition) is 1. The minimum Gasteiger partial charge on any atom is -0.497 e. The van der Waals surface area contributed by atoms with Gasteiger partial charge in [0.1, 0.15) is 23.4 Å². The third kappa shape index (κ3) is 5.78. The van der Waals surface area contributed by atoms with Gasteiger partial charge in [-0.1, -0.05) is 25.1 Å². The van der Waals surface area contributed by atoms with Crippen LogP contribution in [0.15, 0.2) is 48.7 Å². The van der Waals surface area contributed by atoms with Crippen LogP contribution in [0.2, 0.25) is 0 Å². The first-order valence-corrected chi connectivity index (χ1v) is 12.1. The van der Waals surface area contributed by atoms with Gasteiger partial charge in [0.25, 0.3) is 0 Å². The van der Waals surface area contributed by atoms with Gasteiger partial charge in [-0.05, 0) is 47.7 Å². The zero-order chi connectivity index (χ0) is 24.8. The molecule has 180 valence electrons. The zero-order valence-corrected chi connectivity index (χ0v) is 20.4. The summed E-state index contributed by atoms with van der Waals surface area (Å²) in [5.41, 5.74) is 3.05. The van der Waals surface area contributed by atoms with Crippen LogP contribution in [0, 0.1) is 11.3 Å². The number of thiophene rings is 1. The average molecular weight is 491 g/mol. The van der Waals surface area contributed by atoms with Crippen LogP contribution >= 0.6 is 11.3 Å². The number of anilines is 1. The average Bonchev–Trinajstić information content (AvgIpc) is 3.23. The maximum Gasteiger partial charge on any atom is 0.410 e. The number of pyridine rings is 1. The van der Waals surface area contributed by atoms with Crippen molar-refractivity contribution in [1.82, 2.24) is 9.88 Å². The Balaban J connectivity index is 1.39. The molecule has 35 heavy (non-hydrogen) atoms. The van der Waals surface area contributed by atoms with E-state index in [1.807, 2.05) is 37.3 Å². The number of aromatic nitrogens is 1. The molecule has 1 aromatic carbocycles. The molecule has 2 aromatic heterocycles. The number of amides is 2. The molecule has 2 amide bonds. The van der Waals surface area contributed by atoms with Crippen molar-refractivity contribution in [3.05, 3.63) is 75.9 Å². The van der Waals surface area contributed by atoms with Crippen molar-refractivity contribution in [2.45, 2.75) is 38.8 Å². The number of nitrogens with one attached hydrogen (secondary N) is 1. The van der Waals surface area contributed by atoms with Crippen molar-refractivity contribution in [3.8, 4) is 11.8 Å². The molecular formula is C26H26N4O4S. The summed E-state index contributed by atoms with van der Waals surface area (Å²) in [6.07, 6.45) is 2.03. The molecule has 3 aromatic rings. The third-order valence-corrected chi connectivity index (χ3v) is 7.04. The Morgan fingerprint density at radius 3 is 2.89 bits per heavy atom. The molecule has 1 aliphatic heterocycles. The first-order valence-electron chi connectivity index (χ1n) is 11.3. The Kier molecular flexibility index (Phi) is 7.63. The molecule has 1 aliphatic rings. The second-order valence-corrected chi connectivity index (χ2v) is 9.40. The van der Waals surface area contributed by atoms with E-state index in [9.17, 15) is 14.9 Å².